The minimum Gasteiger partial charge on any atom is -0.494 e. The lowest BCUT2D eigenvalue weighted by molar-refractivity contribution is -0.141. The number of halogens is 1. The summed E-state index contributed by atoms with van der Waals surface area (Å²) in [5, 5.41) is 16.7. The number of nitrogens with one attached hydrogen (secondary N) is 2. The summed E-state index contributed by atoms with van der Waals surface area (Å²) in [5.74, 6) is -1.56. The van der Waals surface area contributed by atoms with Gasteiger partial charge in [0, 0.05) is 21.5 Å². The van der Waals surface area contributed by atoms with Crippen molar-refractivity contribution in [3.63, 3.8) is 0 Å². The Morgan fingerprint density at radius 1 is 1.02 bits per heavy atom. The van der Waals surface area contributed by atoms with Crippen LogP contribution in [0.15, 0.2) is 72.8 Å². The summed E-state index contributed by atoms with van der Waals surface area (Å²) in [5.41, 5.74) is 3.88. The molecule has 0 aliphatic carbocycles. The second-order valence-electron chi connectivity index (χ2n) is 11.7. The van der Waals surface area contributed by atoms with Crippen LogP contribution in [0, 0.1) is 25.7 Å². The predicted molar refractivity (Wildman–Crippen MR) is 176 cm³/mol. The Morgan fingerprint density at radius 3 is 2.34 bits per heavy atom. The first-order valence-corrected chi connectivity index (χ1v) is 16.7. The molecule has 1 spiro atoms. The molecule has 3 saturated heterocycles. The third kappa shape index (κ3) is 5.10. The summed E-state index contributed by atoms with van der Waals surface area (Å²) >= 11 is 5.39. The second-order valence-corrected chi connectivity index (χ2v) is 14.4. The van der Waals surface area contributed by atoms with Crippen molar-refractivity contribution >= 4 is 56.8 Å². The maximum Gasteiger partial charge on any atom is 0.248 e. The molecule has 3 aromatic rings. The van der Waals surface area contributed by atoms with Crippen molar-refractivity contribution in [3.05, 3.63) is 89.5 Å². The number of fused-ring (bicyclic) bond motifs is 1. The Kier molecular flexibility index (Phi) is 8.52. The minimum absolute atomic E-state index is 0.0765. The predicted octanol–water partition coefficient (Wildman–Crippen LogP) is 5.48. The summed E-state index contributed by atoms with van der Waals surface area (Å²) in [6, 6.07) is 20.6. The highest BCUT2D eigenvalue weighted by Gasteiger charge is 2.76. The van der Waals surface area contributed by atoms with Crippen LogP contribution in [-0.4, -0.2) is 61.8 Å². The molecule has 3 aromatic carbocycles. The van der Waals surface area contributed by atoms with E-state index in [1.165, 1.54) is 0 Å². The quantitative estimate of drug-likeness (QED) is 0.259. The molecule has 10 heteroatoms. The van der Waals surface area contributed by atoms with Crippen LogP contribution in [-0.2, 0) is 14.4 Å². The van der Waals surface area contributed by atoms with E-state index >= 15 is 0 Å². The molecule has 2 bridgehead atoms. The Morgan fingerprint density at radius 2 is 1.70 bits per heavy atom. The van der Waals surface area contributed by atoms with Gasteiger partial charge in [-0.05, 0) is 68.1 Å². The Bertz CT molecular complexity index is 1550. The van der Waals surface area contributed by atoms with Gasteiger partial charge in [-0.3, -0.25) is 14.4 Å². The number of aryl methyl sites for hydroxylation is 2. The number of alkyl halides is 1. The molecule has 7 atom stereocenters. The molecule has 3 aliphatic rings. The number of para-hydroxylation sites is 1. The SMILES string of the molecule is CCOc1ccc(NC(=O)[C@H]2[C@@H]3SC4(CC3Br)C(C(=O)Nc3c(C)cccc3C)N([C@H](CO)c3ccccc3)C(=O)[C@H]24)cc1. The fourth-order valence-electron chi connectivity index (χ4n) is 7.26. The van der Waals surface area contributed by atoms with E-state index in [0.717, 1.165) is 16.7 Å². The number of aliphatic hydroxyl groups is 1. The Labute approximate surface area is 270 Å². The van der Waals surface area contributed by atoms with E-state index in [9.17, 15) is 19.5 Å². The summed E-state index contributed by atoms with van der Waals surface area (Å²) in [6.45, 7) is 5.96. The van der Waals surface area contributed by atoms with Gasteiger partial charge in [0.1, 0.15) is 11.8 Å². The molecule has 0 radical (unpaired) electrons. The molecule has 230 valence electrons. The van der Waals surface area contributed by atoms with Crippen molar-refractivity contribution in [2.45, 2.75) is 54.1 Å². The minimum atomic E-state index is -0.908. The number of anilines is 2. The average molecular weight is 679 g/mol. The number of carbonyl (C=O) groups excluding carboxylic acids is 3. The number of aliphatic hydroxyl groups excluding tert-OH is 1. The third-order valence-electron chi connectivity index (χ3n) is 9.13. The van der Waals surface area contributed by atoms with Gasteiger partial charge in [-0.2, -0.15) is 0 Å². The van der Waals surface area contributed by atoms with Gasteiger partial charge in [-0.25, -0.2) is 0 Å². The van der Waals surface area contributed by atoms with Crippen LogP contribution in [0.3, 0.4) is 0 Å². The fourth-order valence-corrected chi connectivity index (χ4v) is 10.9. The number of hydrogen-bond acceptors (Lipinski definition) is 6. The molecule has 3 heterocycles. The van der Waals surface area contributed by atoms with Crippen LogP contribution in [0.4, 0.5) is 11.4 Å². The van der Waals surface area contributed by atoms with Crippen molar-refractivity contribution in [2.75, 3.05) is 23.8 Å². The van der Waals surface area contributed by atoms with Gasteiger partial charge in [0.25, 0.3) is 0 Å². The topological polar surface area (TPSA) is 108 Å². The van der Waals surface area contributed by atoms with E-state index in [1.54, 1.807) is 40.9 Å². The molecule has 44 heavy (non-hydrogen) atoms. The first-order chi connectivity index (χ1) is 21.2. The number of benzene rings is 3. The highest BCUT2D eigenvalue weighted by atomic mass is 79.9. The smallest absolute Gasteiger partial charge is 0.248 e. The van der Waals surface area contributed by atoms with Crippen LogP contribution in [0.2, 0.25) is 0 Å². The van der Waals surface area contributed by atoms with Gasteiger partial charge >= 0.3 is 0 Å². The van der Waals surface area contributed by atoms with Crippen molar-refractivity contribution in [1.29, 1.82) is 0 Å². The van der Waals surface area contributed by atoms with Crippen molar-refractivity contribution in [3.8, 4) is 5.75 Å². The van der Waals surface area contributed by atoms with Crippen LogP contribution >= 0.6 is 27.7 Å². The van der Waals surface area contributed by atoms with Gasteiger partial charge in [0.2, 0.25) is 17.7 Å². The van der Waals surface area contributed by atoms with Gasteiger partial charge in [-0.15, -0.1) is 11.8 Å². The zero-order valence-corrected chi connectivity index (χ0v) is 27.2. The highest BCUT2D eigenvalue weighted by molar-refractivity contribution is 9.09. The molecular weight excluding hydrogens is 642 g/mol. The largest absolute Gasteiger partial charge is 0.494 e. The van der Waals surface area contributed by atoms with Gasteiger partial charge in [0.05, 0.1) is 35.8 Å². The lowest BCUT2D eigenvalue weighted by Gasteiger charge is -2.37. The molecule has 3 aliphatic heterocycles. The third-order valence-corrected chi connectivity index (χ3v) is 12.4. The number of nitrogens with zero attached hydrogens (tertiary/aromatic N) is 1. The van der Waals surface area contributed by atoms with E-state index in [0.29, 0.717) is 30.2 Å². The van der Waals surface area contributed by atoms with Crippen LogP contribution in [0.5, 0.6) is 5.75 Å². The Balaban J connectivity index is 1.40. The Hall–Kier alpha value is -3.34. The van der Waals surface area contributed by atoms with Crippen molar-refractivity contribution in [1.82, 2.24) is 4.90 Å². The number of hydrogen-bond donors (Lipinski definition) is 3. The zero-order chi connectivity index (χ0) is 31.2. The summed E-state index contributed by atoms with van der Waals surface area (Å²) in [6.07, 6.45) is 0.542. The fraction of sp³-hybridized carbons (Fsp3) is 0.382. The molecule has 3 unspecified atom stereocenters. The number of ether oxygens (including phenoxy) is 1. The maximum atomic E-state index is 14.6. The molecule has 0 aromatic heterocycles. The molecule has 8 nitrogen and oxygen atoms in total. The first-order valence-electron chi connectivity index (χ1n) is 14.9. The first kappa shape index (κ1) is 30.7. The van der Waals surface area contributed by atoms with E-state index in [1.807, 2.05) is 69.3 Å². The number of likely N-dealkylation sites (tertiary alicyclic amines) is 1. The summed E-state index contributed by atoms with van der Waals surface area (Å²) in [4.78, 5) is 44.6. The molecule has 3 N–H and O–H groups in total. The number of rotatable bonds is 9. The van der Waals surface area contributed by atoms with Gasteiger partial charge in [-0.1, -0.05) is 64.5 Å². The van der Waals surface area contributed by atoms with Crippen LogP contribution in [0.1, 0.15) is 36.1 Å². The number of carbonyl (C=O) groups is 3. The van der Waals surface area contributed by atoms with E-state index < -0.39 is 28.7 Å². The standard InChI is InChI=1S/C34H36BrN3O5S/c1-4-43-23-15-13-22(14-16-23)36-31(40)26-27-33(42)38(25(18-39)21-11-6-5-7-12-21)30(34(27)17-24(35)29(26)44-34)32(41)37-28-19(2)9-8-10-20(28)3/h5-16,24-27,29-30,39H,4,17-18H2,1-3H3,(H,36,40)(H,37,41)/t24?,25-,26-,27+,29-,30?,34?/m1/s1. The highest BCUT2D eigenvalue weighted by Crippen LogP contribution is 2.68. The monoisotopic (exact) mass is 677 g/mol. The lowest BCUT2D eigenvalue weighted by atomic mass is 9.70. The average Bonchev–Trinajstić information content (AvgIpc) is 3.61. The van der Waals surface area contributed by atoms with E-state index in [2.05, 4.69) is 26.6 Å². The molecule has 6 rings (SSSR count). The lowest BCUT2D eigenvalue weighted by Crippen LogP contribution is -2.53. The normalized spacial score (nSPS) is 27.6. The summed E-state index contributed by atoms with van der Waals surface area (Å²) < 4.78 is 4.67. The zero-order valence-electron chi connectivity index (χ0n) is 24.8. The summed E-state index contributed by atoms with van der Waals surface area (Å²) in [7, 11) is 0. The maximum absolute atomic E-state index is 14.6. The number of amides is 3. The van der Waals surface area contributed by atoms with Crippen molar-refractivity contribution < 1.29 is 24.2 Å². The molecular formula is C34H36BrN3O5S. The van der Waals surface area contributed by atoms with E-state index in [4.69, 9.17) is 4.74 Å². The molecule has 3 fully saturated rings. The van der Waals surface area contributed by atoms with Crippen molar-refractivity contribution in [2.24, 2.45) is 11.8 Å². The number of thioether (sulfide) groups is 1. The van der Waals surface area contributed by atoms with E-state index in [-0.39, 0.29) is 34.4 Å². The van der Waals surface area contributed by atoms with Crippen LogP contribution in [0.25, 0.3) is 0 Å². The second kappa shape index (κ2) is 12.2. The molecule has 0 saturated carbocycles. The van der Waals surface area contributed by atoms with Gasteiger partial charge < -0.3 is 25.4 Å². The van der Waals surface area contributed by atoms with Crippen LogP contribution < -0.4 is 15.4 Å². The van der Waals surface area contributed by atoms with Gasteiger partial charge in [0.15, 0.2) is 0 Å². The molecule has 3 amide bonds.